The monoisotopic (exact) mass is 310 g/mol. The second-order valence-corrected chi connectivity index (χ2v) is 5.51. The minimum atomic E-state index is -0.432. The van der Waals surface area contributed by atoms with Crippen LogP contribution in [0, 0.1) is 0 Å². The average molecular weight is 310 g/mol. The molecule has 0 saturated heterocycles. The van der Waals surface area contributed by atoms with E-state index in [4.69, 9.17) is 4.74 Å². The topological polar surface area (TPSA) is 67.4 Å². The Kier molecular flexibility index (Phi) is 4.39. The molecule has 2 N–H and O–H groups in total. The van der Waals surface area contributed by atoms with Crippen LogP contribution in [0.4, 0.5) is 11.4 Å². The molecule has 118 valence electrons. The van der Waals surface area contributed by atoms with Crippen molar-refractivity contribution in [2.75, 3.05) is 17.7 Å². The number of hydrogen-bond donors (Lipinski definition) is 2. The highest BCUT2D eigenvalue weighted by Crippen LogP contribution is 2.34. The van der Waals surface area contributed by atoms with Crippen molar-refractivity contribution in [3.8, 4) is 0 Å². The molecule has 1 atom stereocenters. The molecule has 0 fully saturated rings. The minimum absolute atomic E-state index is 0.128. The summed E-state index contributed by atoms with van der Waals surface area (Å²) >= 11 is 0. The molecule has 0 aliphatic carbocycles. The van der Waals surface area contributed by atoms with Gasteiger partial charge in [0.05, 0.1) is 12.5 Å². The number of carbonyl (C=O) groups excluding carboxylic acids is 2. The number of amides is 2. The van der Waals surface area contributed by atoms with Gasteiger partial charge in [-0.2, -0.15) is 0 Å². The van der Waals surface area contributed by atoms with Crippen molar-refractivity contribution in [1.82, 2.24) is 0 Å². The predicted octanol–water partition coefficient (Wildman–Crippen LogP) is 2.90. The Bertz CT molecular complexity index is 725. The summed E-state index contributed by atoms with van der Waals surface area (Å²) in [7, 11) is 1.64. The molecule has 2 amide bonds. The van der Waals surface area contributed by atoms with Crippen LogP contribution in [0.5, 0.6) is 0 Å². The Labute approximate surface area is 134 Å². The summed E-state index contributed by atoms with van der Waals surface area (Å²) in [6.45, 7) is 0.535. The van der Waals surface area contributed by atoms with Crippen molar-refractivity contribution >= 4 is 23.2 Å². The van der Waals surface area contributed by atoms with Crippen LogP contribution in [0.25, 0.3) is 0 Å². The number of para-hydroxylation sites is 1. The molecule has 5 nitrogen and oxygen atoms in total. The van der Waals surface area contributed by atoms with Gasteiger partial charge in [-0.25, -0.2) is 0 Å². The number of benzene rings is 2. The number of hydrogen-bond acceptors (Lipinski definition) is 3. The Morgan fingerprint density at radius 1 is 1.17 bits per heavy atom. The van der Waals surface area contributed by atoms with Gasteiger partial charge in [0.15, 0.2) is 0 Å². The molecule has 1 heterocycles. The second kappa shape index (κ2) is 6.62. The molecule has 23 heavy (non-hydrogen) atoms. The lowest BCUT2D eigenvalue weighted by Crippen LogP contribution is -2.20. The van der Waals surface area contributed by atoms with Crippen molar-refractivity contribution in [3.63, 3.8) is 0 Å². The highest BCUT2D eigenvalue weighted by atomic mass is 16.5. The van der Waals surface area contributed by atoms with Crippen LogP contribution in [0.1, 0.15) is 23.5 Å². The number of anilines is 2. The van der Waals surface area contributed by atoms with E-state index in [1.165, 1.54) is 0 Å². The molecule has 2 aromatic rings. The Hall–Kier alpha value is -2.66. The van der Waals surface area contributed by atoms with Crippen LogP contribution >= 0.6 is 0 Å². The molecule has 1 aliphatic heterocycles. The van der Waals surface area contributed by atoms with E-state index in [1.807, 2.05) is 48.5 Å². The van der Waals surface area contributed by atoms with Gasteiger partial charge in [0, 0.05) is 24.9 Å². The average Bonchev–Trinajstić information content (AvgIpc) is 2.85. The van der Waals surface area contributed by atoms with Crippen molar-refractivity contribution in [2.45, 2.75) is 18.9 Å². The number of carbonyl (C=O) groups is 2. The zero-order valence-corrected chi connectivity index (χ0v) is 12.8. The summed E-state index contributed by atoms with van der Waals surface area (Å²) < 4.78 is 5.05. The van der Waals surface area contributed by atoms with Gasteiger partial charge in [-0.05, 0) is 29.3 Å². The van der Waals surface area contributed by atoms with Gasteiger partial charge >= 0.3 is 0 Å². The third kappa shape index (κ3) is 3.40. The van der Waals surface area contributed by atoms with E-state index >= 15 is 0 Å². The molecule has 0 saturated carbocycles. The standard InChI is InChI=1S/C18H18N2O3/c1-23-11-12-6-8-13(9-7-12)19-17(21)10-15-14-4-2-3-5-16(14)20-18(15)22/h2-9,15H,10-11H2,1H3,(H,19,21)(H,20,22)/t15-/m0/s1. The summed E-state index contributed by atoms with van der Waals surface area (Å²) in [5.41, 5.74) is 3.42. The number of methoxy groups -OCH3 is 1. The van der Waals surface area contributed by atoms with Gasteiger partial charge in [0.25, 0.3) is 0 Å². The second-order valence-electron chi connectivity index (χ2n) is 5.51. The Morgan fingerprint density at radius 2 is 1.91 bits per heavy atom. The van der Waals surface area contributed by atoms with E-state index in [1.54, 1.807) is 7.11 Å². The van der Waals surface area contributed by atoms with Crippen LogP contribution in [0.15, 0.2) is 48.5 Å². The Morgan fingerprint density at radius 3 is 2.65 bits per heavy atom. The van der Waals surface area contributed by atoms with Gasteiger partial charge < -0.3 is 15.4 Å². The third-order valence-electron chi connectivity index (χ3n) is 3.85. The molecule has 1 aliphatic rings. The fourth-order valence-electron chi connectivity index (χ4n) is 2.73. The fraction of sp³-hybridized carbons (Fsp3) is 0.222. The van der Waals surface area contributed by atoms with Crippen LogP contribution in [0.3, 0.4) is 0 Å². The summed E-state index contributed by atoms with van der Waals surface area (Å²) in [5, 5.41) is 5.64. The van der Waals surface area contributed by atoms with Crippen molar-refractivity contribution in [2.24, 2.45) is 0 Å². The van der Waals surface area contributed by atoms with E-state index in [0.717, 1.165) is 16.8 Å². The van der Waals surface area contributed by atoms with E-state index in [2.05, 4.69) is 10.6 Å². The first-order valence-corrected chi connectivity index (χ1v) is 7.45. The molecule has 5 heteroatoms. The predicted molar refractivity (Wildman–Crippen MR) is 88.2 cm³/mol. The van der Waals surface area contributed by atoms with Crippen molar-refractivity contribution in [3.05, 3.63) is 59.7 Å². The van der Waals surface area contributed by atoms with Gasteiger partial charge in [0.2, 0.25) is 11.8 Å². The first-order chi connectivity index (χ1) is 11.2. The van der Waals surface area contributed by atoms with Gasteiger partial charge in [-0.1, -0.05) is 30.3 Å². The van der Waals surface area contributed by atoms with E-state index in [9.17, 15) is 9.59 Å². The number of fused-ring (bicyclic) bond motifs is 1. The zero-order chi connectivity index (χ0) is 16.2. The van der Waals surface area contributed by atoms with Crippen molar-refractivity contribution < 1.29 is 14.3 Å². The van der Waals surface area contributed by atoms with Crippen LogP contribution in [0.2, 0.25) is 0 Å². The highest BCUT2D eigenvalue weighted by molar-refractivity contribution is 6.06. The van der Waals surface area contributed by atoms with E-state index < -0.39 is 5.92 Å². The molecule has 2 aromatic carbocycles. The molecule has 0 unspecified atom stereocenters. The lowest BCUT2D eigenvalue weighted by molar-refractivity contribution is -0.122. The summed E-state index contributed by atoms with van der Waals surface area (Å²) in [5.74, 6) is -0.739. The maximum absolute atomic E-state index is 12.2. The zero-order valence-electron chi connectivity index (χ0n) is 12.8. The molecule has 0 radical (unpaired) electrons. The molecular formula is C18H18N2O3. The fourth-order valence-corrected chi connectivity index (χ4v) is 2.73. The van der Waals surface area contributed by atoms with Gasteiger partial charge in [-0.15, -0.1) is 0 Å². The summed E-state index contributed by atoms with van der Waals surface area (Å²) in [6.07, 6.45) is 0.128. The van der Waals surface area contributed by atoms with Crippen LogP contribution < -0.4 is 10.6 Å². The Balaban J connectivity index is 1.64. The van der Waals surface area contributed by atoms with E-state index in [0.29, 0.717) is 12.3 Å². The SMILES string of the molecule is COCc1ccc(NC(=O)C[C@@H]2C(=O)Nc3ccccc32)cc1. The lowest BCUT2D eigenvalue weighted by Gasteiger charge is -2.10. The lowest BCUT2D eigenvalue weighted by atomic mass is 9.97. The van der Waals surface area contributed by atoms with Crippen molar-refractivity contribution in [1.29, 1.82) is 0 Å². The van der Waals surface area contributed by atoms with Gasteiger partial charge in [-0.3, -0.25) is 9.59 Å². The maximum Gasteiger partial charge on any atom is 0.232 e. The highest BCUT2D eigenvalue weighted by Gasteiger charge is 2.31. The summed E-state index contributed by atoms with van der Waals surface area (Å²) in [4.78, 5) is 24.2. The smallest absolute Gasteiger partial charge is 0.232 e. The van der Waals surface area contributed by atoms with Crippen LogP contribution in [-0.2, 0) is 20.9 Å². The number of rotatable bonds is 5. The molecule has 3 rings (SSSR count). The molecular weight excluding hydrogens is 292 g/mol. The quantitative estimate of drug-likeness (QED) is 0.892. The number of nitrogens with one attached hydrogen (secondary N) is 2. The van der Waals surface area contributed by atoms with Gasteiger partial charge in [0.1, 0.15) is 0 Å². The minimum Gasteiger partial charge on any atom is -0.380 e. The maximum atomic E-state index is 12.2. The molecule has 0 bridgehead atoms. The largest absolute Gasteiger partial charge is 0.380 e. The number of ether oxygens (including phenoxy) is 1. The first kappa shape index (κ1) is 15.2. The summed E-state index contributed by atoms with van der Waals surface area (Å²) in [6, 6.07) is 14.9. The molecule has 0 spiro atoms. The molecule has 0 aromatic heterocycles. The van der Waals surface area contributed by atoms with E-state index in [-0.39, 0.29) is 18.2 Å². The van der Waals surface area contributed by atoms with Crippen LogP contribution in [-0.4, -0.2) is 18.9 Å². The first-order valence-electron chi connectivity index (χ1n) is 7.45. The normalized spacial score (nSPS) is 15.9. The third-order valence-corrected chi connectivity index (χ3v) is 3.85.